The number of anilines is 2. The van der Waals surface area contributed by atoms with Gasteiger partial charge in [0.2, 0.25) is 10.0 Å². The van der Waals surface area contributed by atoms with Crippen molar-refractivity contribution in [2.45, 2.75) is 19.1 Å². The molecular weight excluding hydrogens is 558 g/mol. The number of aromatic hydroxyl groups is 1. The second-order valence-corrected chi connectivity index (χ2v) is 10.8. The summed E-state index contributed by atoms with van der Waals surface area (Å²) in [6.07, 6.45) is -3.74. The van der Waals surface area contributed by atoms with E-state index in [2.05, 4.69) is 30.8 Å². The third kappa shape index (κ3) is 5.90. The van der Waals surface area contributed by atoms with Crippen molar-refractivity contribution < 1.29 is 35.9 Å². The SMILES string of the molecule is CNC(=O)c1n[nH]c2cc(-c3cc(F)c(O)cc3CC(F)(F)F)nc(NCc3cccnc3N(C)S(C)(=O)=O)c12. The molecule has 0 atom stereocenters. The van der Waals surface area contributed by atoms with Gasteiger partial charge in [-0.2, -0.15) is 18.3 Å². The summed E-state index contributed by atoms with van der Waals surface area (Å²) in [5.74, 6) is -2.60. The first-order valence-electron chi connectivity index (χ1n) is 11.5. The largest absolute Gasteiger partial charge is 0.505 e. The molecule has 0 aliphatic rings. The van der Waals surface area contributed by atoms with E-state index in [9.17, 15) is 35.9 Å². The van der Waals surface area contributed by atoms with Gasteiger partial charge in [0.15, 0.2) is 17.3 Å². The van der Waals surface area contributed by atoms with Crippen LogP contribution in [0, 0.1) is 5.82 Å². The smallest absolute Gasteiger partial charge is 0.393 e. The molecule has 0 saturated heterocycles. The molecule has 3 aromatic heterocycles. The molecule has 40 heavy (non-hydrogen) atoms. The van der Waals surface area contributed by atoms with Crippen molar-refractivity contribution in [1.82, 2.24) is 25.5 Å². The lowest BCUT2D eigenvalue weighted by Crippen LogP contribution is -2.27. The second-order valence-electron chi connectivity index (χ2n) is 8.75. The predicted octanol–water partition coefficient (Wildman–Crippen LogP) is 3.34. The molecule has 0 bridgehead atoms. The standard InChI is InChI=1S/C24H23F4N7O4S/c1-29-23(37)20-19-17(33-34-20)9-16(14-8-15(25)18(36)7-13(14)10-24(26,27)28)32-21(19)31-11-12-5-4-6-30-22(12)35(2)40(3,38)39/h4-9,36H,10-11H2,1-3H3,(H,29,37)(H,31,32)(H,33,34). The van der Waals surface area contributed by atoms with Crippen LogP contribution in [-0.2, 0) is 23.0 Å². The molecule has 0 fully saturated rings. The number of halogens is 4. The summed E-state index contributed by atoms with van der Waals surface area (Å²) in [5, 5.41) is 22.0. The number of carbonyl (C=O) groups excluding carboxylic acids is 1. The van der Waals surface area contributed by atoms with Crippen LogP contribution in [0.4, 0.5) is 29.2 Å². The number of hydrogen-bond acceptors (Lipinski definition) is 8. The normalized spacial score (nSPS) is 12.0. The van der Waals surface area contributed by atoms with E-state index in [0.717, 1.165) is 16.6 Å². The van der Waals surface area contributed by atoms with E-state index in [1.807, 2.05) is 0 Å². The number of phenolic OH excluding ortho intramolecular Hbond substituents is 1. The van der Waals surface area contributed by atoms with Crippen molar-refractivity contribution in [3.05, 3.63) is 59.2 Å². The minimum Gasteiger partial charge on any atom is -0.505 e. The number of rotatable bonds is 8. The zero-order valence-electron chi connectivity index (χ0n) is 21.3. The Morgan fingerprint density at radius 1 is 1.20 bits per heavy atom. The Hall–Kier alpha value is -4.47. The van der Waals surface area contributed by atoms with E-state index in [0.29, 0.717) is 11.6 Å². The first-order chi connectivity index (χ1) is 18.7. The fourth-order valence-electron chi connectivity index (χ4n) is 3.99. The average molecular weight is 582 g/mol. The van der Waals surface area contributed by atoms with Crippen LogP contribution >= 0.6 is 0 Å². The summed E-state index contributed by atoms with van der Waals surface area (Å²) in [5.41, 5.74) is -0.260. The minimum atomic E-state index is -4.67. The summed E-state index contributed by atoms with van der Waals surface area (Å²) in [6.45, 7) is -0.0771. The molecule has 0 saturated carbocycles. The van der Waals surface area contributed by atoms with Crippen LogP contribution < -0.4 is 14.9 Å². The van der Waals surface area contributed by atoms with E-state index in [1.165, 1.54) is 26.4 Å². The van der Waals surface area contributed by atoms with Gasteiger partial charge in [-0.1, -0.05) is 6.07 Å². The van der Waals surface area contributed by atoms with Gasteiger partial charge in [0, 0.05) is 38.0 Å². The molecule has 11 nitrogen and oxygen atoms in total. The van der Waals surface area contributed by atoms with Gasteiger partial charge in [-0.05, 0) is 29.8 Å². The molecule has 0 radical (unpaired) electrons. The number of H-pyrrole nitrogens is 1. The number of sulfonamides is 1. The Morgan fingerprint density at radius 3 is 2.58 bits per heavy atom. The number of hydrogen-bond donors (Lipinski definition) is 4. The summed E-state index contributed by atoms with van der Waals surface area (Å²) >= 11 is 0. The molecule has 4 N–H and O–H groups in total. The van der Waals surface area contributed by atoms with Gasteiger partial charge < -0.3 is 15.7 Å². The third-order valence-electron chi connectivity index (χ3n) is 5.94. The number of phenols is 1. The molecule has 0 aliphatic heterocycles. The molecule has 3 heterocycles. The number of aromatic nitrogens is 4. The average Bonchev–Trinajstić information content (AvgIpc) is 3.31. The Kier molecular flexibility index (Phi) is 7.56. The molecule has 4 aromatic rings. The van der Waals surface area contributed by atoms with E-state index < -0.39 is 45.7 Å². The zero-order valence-corrected chi connectivity index (χ0v) is 22.1. The van der Waals surface area contributed by atoms with Crippen molar-refractivity contribution >= 4 is 38.5 Å². The van der Waals surface area contributed by atoms with E-state index >= 15 is 0 Å². The van der Waals surface area contributed by atoms with Crippen molar-refractivity contribution in [3.63, 3.8) is 0 Å². The number of aromatic amines is 1. The Morgan fingerprint density at radius 2 is 1.93 bits per heavy atom. The van der Waals surface area contributed by atoms with E-state index in [-0.39, 0.29) is 46.0 Å². The molecule has 16 heteroatoms. The van der Waals surface area contributed by atoms with Crippen LogP contribution in [0.1, 0.15) is 21.6 Å². The van der Waals surface area contributed by atoms with Crippen molar-refractivity contribution in [2.75, 3.05) is 30.0 Å². The van der Waals surface area contributed by atoms with Crippen molar-refractivity contribution in [3.8, 4) is 17.0 Å². The zero-order chi connectivity index (χ0) is 29.4. The fourth-order valence-corrected chi connectivity index (χ4v) is 4.47. The molecule has 4 rings (SSSR count). The van der Waals surface area contributed by atoms with Gasteiger partial charge in [-0.3, -0.25) is 14.2 Å². The molecule has 0 spiro atoms. The lowest BCUT2D eigenvalue weighted by Gasteiger charge is -2.19. The number of carbonyl (C=O) groups is 1. The number of benzene rings is 1. The highest BCUT2D eigenvalue weighted by Gasteiger charge is 2.31. The van der Waals surface area contributed by atoms with Gasteiger partial charge in [0.05, 0.1) is 29.3 Å². The maximum absolute atomic E-state index is 14.3. The van der Waals surface area contributed by atoms with E-state index in [4.69, 9.17) is 0 Å². The van der Waals surface area contributed by atoms with Gasteiger partial charge in [0.25, 0.3) is 5.91 Å². The highest BCUT2D eigenvalue weighted by Crippen LogP contribution is 2.36. The summed E-state index contributed by atoms with van der Waals surface area (Å²) in [4.78, 5) is 21.0. The maximum Gasteiger partial charge on any atom is 0.393 e. The monoisotopic (exact) mass is 581 g/mol. The molecule has 1 amide bonds. The first-order valence-corrected chi connectivity index (χ1v) is 13.4. The molecule has 0 aliphatic carbocycles. The Labute approximate surface area is 225 Å². The Balaban J connectivity index is 1.87. The number of pyridine rings is 2. The lowest BCUT2D eigenvalue weighted by molar-refractivity contribution is -0.127. The highest BCUT2D eigenvalue weighted by atomic mass is 32.2. The fraction of sp³-hybridized carbons (Fsp3) is 0.250. The summed E-state index contributed by atoms with van der Waals surface area (Å²) < 4.78 is 79.4. The minimum absolute atomic E-state index is 0.0110. The van der Waals surface area contributed by atoms with Gasteiger partial charge in [-0.25, -0.2) is 22.8 Å². The third-order valence-corrected chi connectivity index (χ3v) is 7.10. The van der Waals surface area contributed by atoms with Gasteiger partial charge in [0.1, 0.15) is 11.6 Å². The van der Waals surface area contributed by atoms with Crippen LogP contribution in [0.3, 0.4) is 0 Å². The van der Waals surface area contributed by atoms with Crippen molar-refractivity contribution in [2.24, 2.45) is 0 Å². The van der Waals surface area contributed by atoms with Crippen LogP contribution in [0.15, 0.2) is 36.5 Å². The second kappa shape index (κ2) is 10.6. The van der Waals surface area contributed by atoms with Crippen LogP contribution in [-0.4, -0.2) is 66.1 Å². The quantitative estimate of drug-likeness (QED) is 0.231. The number of amides is 1. The highest BCUT2D eigenvalue weighted by molar-refractivity contribution is 7.92. The molecular formula is C24H23F4N7O4S. The molecule has 0 unspecified atom stereocenters. The number of nitrogens with zero attached hydrogens (tertiary/aromatic N) is 4. The van der Waals surface area contributed by atoms with Gasteiger partial charge in [-0.15, -0.1) is 0 Å². The number of alkyl halides is 3. The predicted molar refractivity (Wildman–Crippen MR) is 139 cm³/mol. The van der Waals surface area contributed by atoms with Crippen LogP contribution in [0.2, 0.25) is 0 Å². The topological polar surface area (TPSA) is 153 Å². The van der Waals surface area contributed by atoms with Crippen LogP contribution in [0.5, 0.6) is 5.75 Å². The molecule has 212 valence electrons. The molecule has 1 aromatic carbocycles. The van der Waals surface area contributed by atoms with Crippen LogP contribution in [0.25, 0.3) is 22.2 Å². The lowest BCUT2D eigenvalue weighted by atomic mass is 9.99. The summed E-state index contributed by atoms with van der Waals surface area (Å²) in [6, 6.07) is 5.91. The number of fused-ring (bicyclic) bond motifs is 1. The summed E-state index contributed by atoms with van der Waals surface area (Å²) in [7, 11) is -0.970. The maximum atomic E-state index is 14.3. The first kappa shape index (κ1) is 28.5. The number of nitrogens with one attached hydrogen (secondary N) is 3. The van der Waals surface area contributed by atoms with E-state index in [1.54, 1.807) is 12.1 Å². The van der Waals surface area contributed by atoms with Gasteiger partial charge >= 0.3 is 6.18 Å². The Bertz CT molecular complexity index is 1710. The van der Waals surface area contributed by atoms with Crippen molar-refractivity contribution in [1.29, 1.82) is 0 Å².